The lowest BCUT2D eigenvalue weighted by molar-refractivity contribution is 0.332. The number of hydrogen-bond acceptors (Lipinski definition) is 4. The van der Waals surface area contributed by atoms with Gasteiger partial charge in [-0.1, -0.05) is 214 Å². The Kier molecular flexibility index (Phi) is 10.3. The molecule has 2 aliphatic rings. The second-order valence-electron chi connectivity index (χ2n) is 28.4. The van der Waals surface area contributed by atoms with Crippen molar-refractivity contribution in [3.63, 3.8) is 0 Å². The normalized spacial score (nSPS) is 17.3. The van der Waals surface area contributed by atoms with E-state index in [0.717, 1.165) is 69.0 Å². The van der Waals surface area contributed by atoms with Crippen LogP contribution in [0.25, 0.3) is 61.0 Å². The lowest BCUT2D eigenvalue weighted by Gasteiger charge is -2.42. The first kappa shape index (κ1) is 42.9. The SMILES string of the molecule is [2H]c1c([2H])c([2H])c(-c2cnc(-n3c4cc(Oc5cccc(N6CN(c7c(-c8ccc(C(C)(C)C)cc8C(C)(C)C)cc(C(C)(C)C)cc7-c7c([2H])c([2H])c8c(c7[2H])C(C)(C)CCC8(C)C)c7ccccc76)c5)ccc4c4c([2H])c([2H])c([2H])c([2H])c43)cc2C(C)(C)C)c([2H])c1[2H]. The number of nitrogens with zero attached hydrogens (tertiary/aromatic N) is 4. The minimum Gasteiger partial charge on any atom is -0.457 e. The van der Waals surface area contributed by atoms with E-state index in [2.05, 4.69) is 142 Å². The fourth-order valence-electron chi connectivity index (χ4n) is 12.3. The van der Waals surface area contributed by atoms with Crippen LogP contribution in [0.4, 0.5) is 22.7 Å². The zero-order chi connectivity index (χ0) is 69.2. The molecule has 12 rings (SSSR count). The van der Waals surface area contributed by atoms with Crippen molar-refractivity contribution in [1.29, 1.82) is 0 Å². The maximum absolute atomic E-state index is 10.5. The van der Waals surface area contributed by atoms with Crippen LogP contribution in [0.5, 0.6) is 11.5 Å². The van der Waals surface area contributed by atoms with Crippen molar-refractivity contribution in [3.05, 3.63) is 215 Å². The van der Waals surface area contributed by atoms with Crippen LogP contribution in [0, 0.1) is 0 Å². The summed E-state index contributed by atoms with van der Waals surface area (Å²) in [6, 6.07) is 31.6. The molecule has 0 bridgehead atoms. The van der Waals surface area contributed by atoms with E-state index in [0.29, 0.717) is 51.8 Å². The smallest absolute Gasteiger partial charge is 0.137 e. The molecule has 1 aliphatic heterocycles. The van der Waals surface area contributed by atoms with Crippen LogP contribution >= 0.6 is 0 Å². The first-order valence-corrected chi connectivity index (χ1v) is 29.2. The van der Waals surface area contributed by atoms with E-state index in [1.54, 1.807) is 28.8 Å². The van der Waals surface area contributed by atoms with Gasteiger partial charge in [-0.3, -0.25) is 4.57 Å². The molecule has 0 radical (unpaired) electrons. The summed E-state index contributed by atoms with van der Waals surface area (Å²) in [4.78, 5) is 9.47. The first-order valence-electron chi connectivity index (χ1n) is 35.2. The van der Waals surface area contributed by atoms with Crippen molar-refractivity contribution in [3.8, 4) is 50.7 Å². The summed E-state index contributed by atoms with van der Waals surface area (Å²) in [5.74, 6) is 1.17. The van der Waals surface area contributed by atoms with Gasteiger partial charge in [0.1, 0.15) is 24.0 Å². The summed E-state index contributed by atoms with van der Waals surface area (Å²) >= 11 is 0. The molecule has 8 aromatic carbocycles. The van der Waals surface area contributed by atoms with E-state index < -0.39 is 46.5 Å². The Morgan fingerprint density at radius 3 is 1.82 bits per heavy atom. The van der Waals surface area contributed by atoms with Gasteiger partial charge in [-0.2, -0.15) is 0 Å². The summed E-state index contributed by atoms with van der Waals surface area (Å²) in [6.07, 6.45) is 3.16. The molecular formula is C78H84N4O. The lowest BCUT2D eigenvalue weighted by atomic mass is 9.63. The van der Waals surface area contributed by atoms with Gasteiger partial charge in [-0.05, 0) is 156 Å². The third-order valence-corrected chi connectivity index (χ3v) is 17.2. The number of anilines is 4. The molecule has 3 heterocycles. The van der Waals surface area contributed by atoms with E-state index >= 15 is 0 Å². The number of benzene rings is 8. The van der Waals surface area contributed by atoms with Crippen LogP contribution in [0.1, 0.15) is 173 Å². The standard InChI is InChI=1S/C78H84N4O/c1-73(2,3)52-34-36-57(64(44-52)75(7,8)9)61-43-53(74(4,5)6)42-60(51-33-38-63-66(41-51)78(15,16)40-39-77(63,13)14)72(61)81-49-80(68-31-22-23-32-69(68)81)54-27-24-28-55(45-54)83-56-35-37-59-58-29-20-21-30-67(58)82(70(59)46-56)71-47-65(76(10,11)12)62(48-79-71)50-25-18-17-19-26-50/h17-38,41-48H,39-40,49H2,1-16H3/i17D,18D,19D,20D,21D,25D,26D,29D,30D,33D,38D,41D. The van der Waals surface area contributed by atoms with Crippen LogP contribution in [0.15, 0.2) is 182 Å². The summed E-state index contributed by atoms with van der Waals surface area (Å²) < 4.78 is 119. The molecule has 0 N–H and O–H groups in total. The molecule has 0 atom stereocenters. The number of ether oxygens (including phenoxy) is 1. The predicted molar refractivity (Wildman–Crippen MR) is 354 cm³/mol. The monoisotopic (exact) mass is 1100 g/mol. The van der Waals surface area contributed by atoms with E-state index in [1.165, 1.54) is 17.3 Å². The molecule has 0 fully saturated rings. The average Bonchev–Trinajstić information content (AvgIpc) is 1.63. The van der Waals surface area contributed by atoms with Crippen molar-refractivity contribution in [2.75, 3.05) is 16.5 Å². The maximum atomic E-state index is 10.5. The molecule has 10 aromatic rings. The lowest BCUT2D eigenvalue weighted by Crippen LogP contribution is -2.33. The van der Waals surface area contributed by atoms with Gasteiger partial charge in [0.25, 0.3) is 0 Å². The number of para-hydroxylation sites is 3. The fraction of sp³-hybridized carbons (Fsp3) is 0.321. The molecular weight excluding hydrogens is 1010 g/mol. The zero-order valence-electron chi connectivity index (χ0n) is 63.2. The zero-order valence-corrected chi connectivity index (χ0v) is 51.2. The highest BCUT2D eigenvalue weighted by Gasteiger charge is 2.39. The van der Waals surface area contributed by atoms with Gasteiger partial charge >= 0.3 is 0 Å². The molecule has 5 heteroatoms. The quantitative estimate of drug-likeness (QED) is 0.152. The third kappa shape index (κ3) is 10.1. The van der Waals surface area contributed by atoms with Gasteiger partial charge in [-0.25, -0.2) is 4.98 Å². The molecule has 83 heavy (non-hydrogen) atoms. The highest BCUT2D eigenvalue weighted by molar-refractivity contribution is 6.09. The first-order chi connectivity index (χ1) is 44.1. The van der Waals surface area contributed by atoms with Crippen molar-refractivity contribution >= 4 is 44.6 Å². The number of aromatic nitrogens is 2. The second-order valence-corrected chi connectivity index (χ2v) is 28.4. The van der Waals surface area contributed by atoms with E-state index in [1.807, 2.05) is 57.2 Å². The Morgan fingerprint density at radius 1 is 0.482 bits per heavy atom. The van der Waals surface area contributed by atoms with E-state index in [-0.39, 0.29) is 74.8 Å². The summed E-state index contributed by atoms with van der Waals surface area (Å²) in [5, 5.41) is 0.792. The highest BCUT2D eigenvalue weighted by atomic mass is 16.5. The van der Waals surface area contributed by atoms with Gasteiger partial charge in [0.15, 0.2) is 0 Å². The molecule has 1 aliphatic carbocycles. The van der Waals surface area contributed by atoms with Crippen LogP contribution in [-0.4, -0.2) is 16.2 Å². The molecule has 0 saturated carbocycles. The fourth-order valence-corrected chi connectivity index (χ4v) is 12.3. The largest absolute Gasteiger partial charge is 0.457 e. The van der Waals surface area contributed by atoms with Crippen molar-refractivity contribution < 1.29 is 21.2 Å². The maximum Gasteiger partial charge on any atom is 0.137 e. The molecule has 422 valence electrons. The Hall–Kier alpha value is -7.89. The average molecular weight is 1110 g/mol. The van der Waals surface area contributed by atoms with Gasteiger partial charge in [0.05, 0.1) is 44.5 Å². The molecule has 5 nitrogen and oxygen atoms in total. The molecule has 2 aromatic heterocycles. The topological polar surface area (TPSA) is 33.5 Å². The van der Waals surface area contributed by atoms with Crippen LogP contribution < -0.4 is 14.5 Å². The molecule has 0 saturated heterocycles. The minimum atomic E-state index is -0.685. The highest BCUT2D eigenvalue weighted by Crippen LogP contribution is 2.55. The number of pyridine rings is 1. The summed E-state index contributed by atoms with van der Waals surface area (Å²) in [5.41, 5.74) is 10.9. The molecule has 0 amide bonds. The Balaban J connectivity index is 1.03. The molecule has 0 unspecified atom stereocenters. The van der Waals surface area contributed by atoms with Crippen molar-refractivity contribution in [2.45, 2.75) is 156 Å². The third-order valence-electron chi connectivity index (χ3n) is 17.2. The summed E-state index contributed by atoms with van der Waals surface area (Å²) in [7, 11) is 0. The van der Waals surface area contributed by atoms with Gasteiger partial charge in [-0.15, -0.1) is 0 Å². The number of fused-ring (bicyclic) bond motifs is 5. The Labute approximate surface area is 511 Å². The van der Waals surface area contributed by atoms with Crippen molar-refractivity contribution in [2.24, 2.45) is 0 Å². The number of rotatable bonds is 8. The Bertz CT molecular complexity index is 4850. The van der Waals surface area contributed by atoms with Crippen LogP contribution in [-0.2, 0) is 32.5 Å². The van der Waals surface area contributed by atoms with Gasteiger partial charge in [0.2, 0.25) is 0 Å². The summed E-state index contributed by atoms with van der Waals surface area (Å²) in [6.45, 7) is 35.0. The second kappa shape index (κ2) is 19.9. The predicted octanol–water partition coefficient (Wildman–Crippen LogP) is 21.8. The van der Waals surface area contributed by atoms with E-state index in [4.69, 9.17) is 19.3 Å². The van der Waals surface area contributed by atoms with E-state index in [9.17, 15) is 6.85 Å². The number of hydrogen-bond donors (Lipinski definition) is 0. The van der Waals surface area contributed by atoms with Gasteiger partial charge < -0.3 is 14.5 Å². The Morgan fingerprint density at radius 2 is 1.12 bits per heavy atom. The molecule has 0 spiro atoms. The minimum absolute atomic E-state index is 0.000393. The van der Waals surface area contributed by atoms with Crippen LogP contribution in [0.2, 0.25) is 0 Å². The van der Waals surface area contributed by atoms with Crippen LogP contribution in [0.3, 0.4) is 0 Å². The van der Waals surface area contributed by atoms with Crippen molar-refractivity contribution in [1.82, 2.24) is 9.55 Å². The van der Waals surface area contributed by atoms with Gasteiger partial charge in [0, 0.05) is 51.5 Å².